The predicted octanol–water partition coefficient (Wildman–Crippen LogP) is 3.86. The second kappa shape index (κ2) is 4.85. The van der Waals surface area contributed by atoms with Crippen molar-refractivity contribution in [1.82, 2.24) is 9.78 Å². The zero-order valence-corrected chi connectivity index (χ0v) is 11.5. The number of benzene rings is 2. The van der Waals surface area contributed by atoms with Crippen molar-refractivity contribution in [2.75, 3.05) is 0 Å². The minimum atomic E-state index is 0.233. The Morgan fingerprint density at radius 1 is 0.900 bits per heavy atom. The standard InChI is InChI=1S/C17H16N2O/c1-12-8-10-15(11-9-12)19-13(2)17(20)16(18-19)14-6-4-3-5-7-14/h3-11,20H,1-2H3. The van der Waals surface area contributed by atoms with Crippen LogP contribution < -0.4 is 0 Å². The molecule has 0 aliphatic heterocycles. The van der Waals surface area contributed by atoms with Gasteiger partial charge in [0.15, 0.2) is 5.75 Å². The molecule has 0 amide bonds. The fourth-order valence-corrected chi connectivity index (χ4v) is 2.22. The monoisotopic (exact) mass is 264 g/mol. The van der Waals surface area contributed by atoms with E-state index < -0.39 is 0 Å². The van der Waals surface area contributed by atoms with E-state index in [0.717, 1.165) is 16.9 Å². The highest BCUT2D eigenvalue weighted by Crippen LogP contribution is 2.32. The average Bonchev–Trinajstić information content (AvgIpc) is 2.77. The normalized spacial score (nSPS) is 10.7. The Bertz CT molecular complexity index is 728. The van der Waals surface area contributed by atoms with Crippen molar-refractivity contribution in [3.8, 4) is 22.7 Å². The van der Waals surface area contributed by atoms with Gasteiger partial charge in [0.25, 0.3) is 0 Å². The maximum absolute atomic E-state index is 10.3. The van der Waals surface area contributed by atoms with E-state index in [4.69, 9.17) is 0 Å². The van der Waals surface area contributed by atoms with Gasteiger partial charge in [-0.15, -0.1) is 0 Å². The number of aromatic nitrogens is 2. The van der Waals surface area contributed by atoms with Crippen LogP contribution in [0.4, 0.5) is 0 Å². The minimum absolute atomic E-state index is 0.233. The van der Waals surface area contributed by atoms with Crippen LogP contribution in [0.25, 0.3) is 16.9 Å². The highest BCUT2D eigenvalue weighted by Gasteiger charge is 2.15. The lowest BCUT2D eigenvalue weighted by atomic mass is 10.1. The summed E-state index contributed by atoms with van der Waals surface area (Å²) in [6.07, 6.45) is 0. The maximum Gasteiger partial charge on any atom is 0.165 e. The molecule has 0 fully saturated rings. The molecule has 0 saturated heterocycles. The summed E-state index contributed by atoms with van der Waals surface area (Å²) in [5, 5.41) is 14.9. The Balaban J connectivity index is 2.13. The van der Waals surface area contributed by atoms with Crippen molar-refractivity contribution >= 4 is 0 Å². The van der Waals surface area contributed by atoms with Crippen molar-refractivity contribution < 1.29 is 5.11 Å². The van der Waals surface area contributed by atoms with Crippen molar-refractivity contribution in [2.24, 2.45) is 0 Å². The second-order valence-electron chi connectivity index (χ2n) is 4.90. The van der Waals surface area contributed by atoms with Crippen LogP contribution in [0, 0.1) is 13.8 Å². The molecule has 0 spiro atoms. The highest BCUT2D eigenvalue weighted by molar-refractivity contribution is 5.67. The van der Waals surface area contributed by atoms with E-state index in [2.05, 4.69) is 5.10 Å². The van der Waals surface area contributed by atoms with Gasteiger partial charge in [-0.05, 0) is 26.0 Å². The van der Waals surface area contributed by atoms with Crippen LogP contribution in [0.1, 0.15) is 11.3 Å². The van der Waals surface area contributed by atoms with Gasteiger partial charge in [-0.25, -0.2) is 4.68 Å². The van der Waals surface area contributed by atoms with Crippen molar-refractivity contribution in [2.45, 2.75) is 13.8 Å². The lowest BCUT2D eigenvalue weighted by molar-refractivity contribution is 0.472. The van der Waals surface area contributed by atoms with Gasteiger partial charge in [-0.1, -0.05) is 48.0 Å². The van der Waals surface area contributed by atoms with Crippen molar-refractivity contribution in [3.63, 3.8) is 0 Å². The number of hydrogen-bond donors (Lipinski definition) is 1. The van der Waals surface area contributed by atoms with Crippen LogP contribution >= 0.6 is 0 Å². The van der Waals surface area contributed by atoms with Gasteiger partial charge in [-0.3, -0.25) is 0 Å². The van der Waals surface area contributed by atoms with E-state index in [1.165, 1.54) is 5.56 Å². The van der Waals surface area contributed by atoms with E-state index in [9.17, 15) is 5.11 Å². The number of aryl methyl sites for hydroxylation is 1. The quantitative estimate of drug-likeness (QED) is 0.763. The molecule has 20 heavy (non-hydrogen) atoms. The maximum atomic E-state index is 10.3. The third-order valence-corrected chi connectivity index (χ3v) is 3.41. The average molecular weight is 264 g/mol. The van der Waals surface area contributed by atoms with Crippen LogP contribution in [-0.4, -0.2) is 14.9 Å². The molecule has 100 valence electrons. The zero-order chi connectivity index (χ0) is 14.1. The topological polar surface area (TPSA) is 38.0 Å². The molecular formula is C17H16N2O. The molecule has 0 aliphatic carbocycles. The van der Waals surface area contributed by atoms with Gasteiger partial charge >= 0.3 is 0 Å². The summed E-state index contributed by atoms with van der Waals surface area (Å²) in [6.45, 7) is 3.92. The Morgan fingerprint density at radius 3 is 2.20 bits per heavy atom. The first-order chi connectivity index (χ1) is 9.66. The van der Waals surface area contributed by atoms with E-state index in [-0.39, 0.29) is 5.75 Å². The van der Waals surface area contributed by atoms with Crippen molar-refractivity contribution in [3.05, 3.63) is 65.9 Å². The van der Waals surface area contributed by atoms with Crippen LogP contribution in [0.2, 0.25) is 0 Å². The third kappa shape index (κ3) is 2.07. The predicted molar refractivity (Wildman–Crippen MR) is 80.1 cm³/mol. The molecule has 0 aliphatic rings. The van der Waals surface area contributed by atoms with E-state index in [0.29, 0.717) is 5.69 Å². The Morgan fingerprint density at radius 2 is 1.55 bits per heavy atom. The second-order valence-corrected chi connectivity index (χ2v) is 4.90. The summed E-state index contributed by atoms with van der Waals surface area (Å²) in [4.78, 5) is 0. The molecule has 1 N–H and O–H groups in total. The lowest BCUT2D eigenvalue weighted by Crippen LogP contribution is -1.98. The van der Waals surface area contributed by atoms with Gasteiger partial charge in [0.1, 0.15) is 5.69 Å². The van der Waals surface area contributed by atoms with Crippen LogP contribution in [0.3, 0.4) is 0 Å². The van der Waals surface area contributed by atoms with Gasteiger partial charge in [-0.2, -0.15) is 5.10 Å². The highest BCUT2D eigenvalue weighted by atomic mass is 16.3. The number of rotatable bonds is 2. The van der Waals surface area contributed by atoms with Gasteiger partial charge in [0.05, 0.1) is 11.4 Å². The molecule has 3 nitrogen and oxygen atoms in total. The smallest absolute Gasteiger partial charge is 0.165 e. The fraction of sp³-hybridized carbons (Fsp3) is 0.118. The van der Waals surface area contributed by atoms with Crippen LogP contribution in [-0.2, 0) is 0 Å². The lowest BCUT2D eigenvalue weighted by Gasteiger charge is -2.04. The Hall–Kier alpha value is -2.55. The Labute approximate surface area is 118 Å². The molecule has 1 aromatic heterocycles. The summed E-state index contributed by atoms with van der Waals surface area (Å²) < 4.78 is 1.77. The minimum Gasteiger partial charge on any atom is -0.504 e. The summed E-state index contributed by atoms with van der Waals surface area (Å²) >= 11 is 0. The van der Waals surface area contributed by atoms with Gasteiger partial charge < -0.3 is 5.11 Å². The molecule has 2 aromatic carbocycles. The first-order valence-corrected chi connectivity index (χ1v) is 6.58. The van der Waals surface area contributed by atoms with Gasteiger partial charge in [0.2, 0.25) is 0 Å². The largest absolute Gasteiger partial charge is 0.504 e. The third-order valence-electron chi connectivity index (χ3n) is 3.41. The van der Waals surface area contributed by atoms with E-state index in [1.807, 2.05) is 68.4 Å². The molecule has 0 atom stereocenters. The number of hydrogen-bond acceptors (Lipinski definition) is 2. The van der Waals surface area contributed by atoms with Gasteiger partial charge in [0, 0.05) is 5.56 Å². The summed E-state index contributed by atoms with van der Waals surface area (Å²) in [7, 11) is 0. The Kier molecular flexibility index (Phi) is 3.03. The molecule has 3 heteroatoms. The first-order valence-electron chi connectivity index (χ1n) is 6.58. The molecular weight excluding hydrogens is 248 g/mol. The molecule has 3 aromatic rings. The molecule has 0 unspecified atom stereocenters. The molecule has 0 saturated carbocycles. The molecule has 0 radical (unpaired) electrons. The van der Waals surface area contributed by atoms with E-state index >= 15 is 0 Å². The molecule has 3 rings (SSSR count). The molecule has 1 heterocycles. The first kappa shape index (κ1) is 12.5. The summed E-state index contributed by atoms with van der Waals surface area (Å²) in [5.74, 6) is 0.233. The zero-order valence-electron chi connectivity index (χ0n) is 11.5. The van der Waals surface area contributed by atoms with Crippen LogP contribution in [0.5, 0.6) is 5.75 Å². The SMILES string of the molecule is Cc1ccc(-n2nc(-c3ccccc3)c(O)c2C)cc1. The van der Waals surface area contributed by atoms with Crippen molar-refractivity contribution in [1.29, 1.82) is 0 Å². The number of aromatic hydroxyl groups is 1. The summed E-state index contributed by atoms with van der Waals surface area (Å²) in [6, 6.07) is 17.8. The summed E-state index contributed by atoms with van der Waals surface area (Å²) in [5.41, 5.74) is 4.42. The number of nitrogens with zero attached hydrogens (tertiary/aromatic N) is 2. The fourth-order valence-electron chi connectivity index (χ4n) is 2.22. The molecule has 0 bridgehead atoms. The van der Waals surface area contributed by atoms with Crippen LogP contribution in [0.15, 0.2) is 54.6 Å². The van der Waals surface area contributed by atoms with E-state index in [1.54, 1.807) is 4.68 Å².